The summed E-state index contributed by atoms with van der Waals surface area (Å²) in [7, 11) is 0. The molecule has 0 saturated carbocycles. The van der Waals surface area contributed by atoms with Crippen LogP contribution < -0.4 is 10.1 Å². The van der Waals surface area contributed by atoms with Gasteiger partial charge in [-0.15, -0.1) is 0 Å². The first-order chi connectivity index (χ1) is 10.2. The zero-order chi connectivity index (χ0) is 15.1. The fourth-order valence-corrected chi connectivity index (χ4v) is 2.83. The second kappa shape index (κ2) is 8.20. The molecule has 0 atom stereocenters. The van der Waals surface area contributed by atoms with Crippen LogP contribution in [-0.4, -0.2) is 22.7 Å². The standard InChI is InChI=1S/C16H22BrN3O/c1-3-4-18-11-14-10-15(17)9-13(2)16(14)21-8-7-20-6-5-19-12-20/h5-6,9-10,12,18H,3-4,7-8,11H2,1-2H3. The third-order valence-corrected chi connectivity index (χ3v) is 3.67. The smallest absolute Gasteiger partial charge is 0.126 e. The highest BCUT2D eigenvalue weighted by Crippen LogP contribution is 2.28. The number of aromatic nitrogens is 2. The highest BCUT2D eigenvalue weighted by molar-refractivity contribution is 9.10. The summed E-state index contributed by atoms with van der Waals surface area (Å²) in [4.78, 5) is 4.04. The highest BCUT2D eigenvalue weighted by atomic mass is 79.9. The monoisotopic (exact) mass is 351 g/mol. The van der Waals surface area contributed by atoms with Crippen molar-refractivity contribution in [3.8, 4) is 5.75 Å². The van der Waals surface area contributed by atoms with E-state index in [-0.39, 0.29) is 0 Å². The Hall–Kier alpha value is -1.33. The van der Waals surface area contributed by atoms with Gasteiger partial charge in [0.1, 0.15) is 12.4 Å². The Morgan fingerprint density at radius 3 is 2.95 bits per heavy atom. The van der Waals surface area contributed by atoms with Crippen LogP contribution in [0.15, 0.2) is 35.3 Å². The van der Waals surface area contributed by atoms with Gasteiger partial charge in [-0.1, -0.05) is 22.9 Å². The van der Waals surface area contributed by atoms with Gasteiger partial charge in [-0.25, -0.2) is 4.98 Å². The maximum atomic E-state index is 6.02. The van der Waals surface area contributed by atoms with Crippen molar-refractivity contribution in [1.29, 1.82) is 0 Å². The van der Waals surface area contributed by atoms with Gasteiger partial charge in [0, 0.05) is 29.0 Å². The maximum Gasteiger partial charge on any atom is 0.126 e. The van der Waals surface area contributed by atoms with Crippen molar-refractivity contribution in [1.82, 2.24) is 14.9 Å². The number of rotatable bonds is 8. The zero-order valence-corrected chi connectivity index (χ0v) is 14.2. The van der Waals surface area contributed by atoms with E-state index >= 15 is 0 Å². The summed E-state index contributed by atoms with van der Waals surface area (Å²) in [6.45, 7) is 7.54. The van der Waals surface area contributed by atoms with Gasteiger partial charge in [0.15, 0.2) is 0 Å². The molecule has 2 rings (SSSR count). The molecule has 1 aromatic carbocycles. The maximum absolute atomic E-state index is 6.02. The van der Waals surface area contributed by atoms with E-state index in [1.165, 1.54) is 5.56 Å². The van der Waals surface area contributed by atoms with Gasteiger partial charge in [-0.3, -0.25) is 0 Å². The van der Waals surface area contributed by atoms with E-state index in [9.17, 15) is 0 Å². The summed E-state index contributed by atoms with van der Waals surface area (Å²) < 4.78 is 9.13. The van der Waals surface area contributed by atoms with E-state index in [4.69, 9.17) is 4.74 Å². The van der Waals surface area contributed by atoms with Gasteiger partial charge < -0.3 is 14.6 Å². The van der Waals surface area contributed by atoms with Crippen LogP contribution in [0.2, 0.25) is 0 Å². The summed E-state index contributed by atoms with van der Waals surface area (Å²) in [6.07, 6.45) is 6.66. The lowest BCUT2D eigenvalue weighted by Crippen LogP contribution is -2.16. The quantitative estimate of drug-likeness (QED) is 0.739. The minimum Gasteiger partial charge on any atom is -0.491 e. The fraction of sp³-hybridized carbons (Fsp3) is 0.438. The van der Waals surface area contributed by atoms with Crippen LogP contribution in [-0.2, 0) is 13.1 Å². The summed E-state index contributed by atoms with van der Waals surface area (Å²) in [5, 5.41) is 3.43. The lowest BCUT2D eigenvalue weighted by Gasteiger charge is -2.15. The van der Waals surface area contributed by atoms with E-state index in [2.05, 4.69) is 52.2 Å². The predicted octanol–water partition coefficient (Wildman–Crippen LogP) is 3.53. The fourth-order valence-electron chi connectivity index (χ4n) is 2.21. The second-order valence-corrected chi connectivity index (χ2v) is 5.95. The van der Waals surface area contributed by atoms with Gasteiger partial charge in [0.2, 0.25) is 0 Å². The van der Waals surface area contributed by atoms with Crippen molar-refractivity contribution < 1.29 is 4.74 Å². The number of nitrogens with one attached hydrogen (secondary N) is 1. The van der Waals surface area contributed by atoms with Gasteiger partial charge in [0.05, 0.1) is 12.9 Å². The Kier molecular flexibility index (Phi) is 6.26. The molecule has 0 fully saturated rings. The predicted molar refractivity (Wildman–Crippen MR) is 88.6 cm³/mol. The molecule has 0 spiro atoms. The molecule has 0 aliphatic heterocycles. The molecule has 21 heavy (non-hydrogen) atoms. The van der Waals surface area contributed by atoms with Crippen molar-refractivity contribution in [3.05, 3.63) is 46.5 Å². The number of imidazole rings is 1. The van der Waals surface area contributed by atoms with Crippen LogP contribution in [0, 0.1) is 6.92 Å². The van der Waals surface area contributed by atoms with Crippen molar-refractivity contribution in [3.63, 3.8) is 0 Å². The molecule has 1 N–H and O–H groups in total. The Morgan fingerprint density at radius 1 is 1.38 bits per heavy atom. The molecule has 1 heterocycles. The van der Waals surface area contributed by atoms with Crippen LogP contribution in [0.4, 0.5) is 0 Å². The molecule has 2 aromatic rings. The van der Waals surface area contributed by atoms with Crippen LogP contribution in [0.3, 0.4) is 0 Å². The minimum atomic E-state index is 0.639. The van der Waals surface area contributed by atoms with Crippen LogP contribution in [0.25, 0.3) is 0 Å². The molecule has 4 nitrogen and oxygen atoms in total. The molecular formula is C16H22BrN3O. The zero-order valence-electron chi connectivity index (χ0n) is 12.6. The number of hydrogen-bond donors (Lipinski definition) is 1. The molecule has 0 bridgehead atoms. The van der Waals surface area contributed by atoms with Crippen molar-refractivity contribution in [2.45, 2.75) is 33.4 Å². The third kappa shape index (κ3) is 4.86. The third-order valence-electron chi connectivity index (χ3n) is 3.21. The van der Waals surface area contributed by atoms with Crippen LogP contribution >= 0.6 is 15.9 Å². The highest BCUT2D eigenvalue weighted by Gasteiger charge is 2.09. The number of halogens is 1. The summed E-state index contributed by atoms with van der Waals surface area (Å²) in [5.74, 6) is 0.988. The molecule has 0 aliphatic rings. The van der Waals surface area contributed by atoms with E-state index in [1.807, 2.05) is 17.1 Å². The molecule has 0 amide bonds. The van der Waals surface area contributed by atoms with Gasteiger partial charge in [0.25, 0.3) is 0 Å². The minimum absolute atomic E-state index is 0.639. The first-order valence-electron chi connectivity index (χ1n) is 7.29. The van der Waals surface area contributed by atoms with E-state index in [1.54, 1.807) is 6.20 Å². The molecular weight excluding hydrogens is 330 g/mol. The molecule has 5 heteroatoms. The Bertz CT molecular complexity index is 555. The molecule has 1 aromatic heterocycles. The molecule has 0 aliphatic carbocycles. The largest absolute Gasteiger partial charge is 0.491 e. The molecule has 0 saturated heterocycles. The van der Waals surface area contributed by atoms with E-state index < -0.39 is 0 Å². The lowest BCUT2D eigenvalue weighted by atomic mass is 10.1. The first kappa shape index (κ1) is 16.0. The first-order valence-corrected chi connectivity index (χ1v) is 8.08. The van der Waals surface area contributed by atoms with Crippen molar-refractivity contribution >= 4 is 15.9 Å². The number of nitrogens with zero attached hydrogens (tertiary/aromatic N) is 2. The number of hydrogen-bond acceptors (Lipinski definition) is 3. The molecule has 0 radical (unpaired) electrons. The topological polar surface area (TPSA) is 39.1 Å². The lowest BCUT2D eigenvalue weighted by molar-refractivity contribution is 0.293. The number of aryl methyl sites for hydroxylation is 1. The molecule has 0 unspecified atom stereocenters. The van der Waals surface area contributed by atoms with E-state index in [0.717, 1.165) is 41.8 Å². The van der Waals surface area contributed by atoms with Gasteiger partial charge in [-0.2, -0.15) is 0 Å². The van der Waals surface area contributed by atoms with Crippen LogP contribution in [0.1, 0.15) is 24.5 Å². The summed E-state index contributed by atoms with van der Waals surface area (Å²) >= 11 is 3.56. The Balaban J connectivity index is 2.01. The van der Waals surface area contributed by atoms with Gasteiger partial charge in [-0.05, 0) is 37.6 Å². The summed E-state index contributed by atoms with van der Waals surface area (Å²) in [6, 6.07) is 4.22. The Morgan fingerprint density at radius 2 is 2.24 bits per heavy atom. The number of ether oxygens (including phenoxy) is 1. The van der Waals surface area contributed by atoms with Crippen molar-refractivity contribution in [2.24, 2.45) is 0 Å². The van der Waals surface area contributed by atoms with E-state index in [0.29, 0.717) is 6.61 Å². The average molecular weight is 352 g/mol. The SMILES string of the molecule is CCCNCc1cc(Br)cc(C)c1OCCn1ccnc1. The van der Waals surface area contributed by atoms with Crippen molar-refractivity contribution in [2.75, 3.05) is 13.2 Å². The number of benzene rings is 1. The Labute approximate surface area is 134 Å². The normalized spacial score (nSPS) is 10.8. The molecule has 114 valence electrons. The van der Waals surface area contributed by atoms with Crippen LogP contribution in [0.5, 0.6) is 5.75 Å². The van der Waals surface area contributed by atoms with Gasteiger partial charge >= 0.3 is 0 Å². The average Bonchev–Trinajstić information content (AvgIpc) is 2.95. The summed E-state index contributed by atoms with van der Waals surface area (Å²) in [5.41, 5.74) is 2.35. The second-order valence-electron chi connectivity index (χ2n) is 5.04.